The third-order valence-corrected chi connectivity index (χ3v) is 3.31. The van der Waals surface area contributed by atoms with Gasteiger partial charge in [0.1, 0.15) is 11.6 Å². The SMILES string of the molecule is C=CCN(CC=C)C(=O)/C(C#N)=C\NCCc1ccc(Cl)cc1. The first kappa shape index (κ1) is 18.5. The fourth-order valence-electron chi connectivity index (χ4n) is 1.91. The predicted molar refractivity (Wildman–Crippen MR) is 93.8 cm³/mol. The van der Waals surface area contributed by atoms with Crippen LogP contribution in [0, 0.1) is 11.3 Å². The predicted octanol–water partition coefficient (Wildman–Crippen LogP) is 3.08. The number of carbonyl (C=O) groups excluding carboxylic acids is 1. The maximum Gasteiger partial charge on any atom is 0.266 e. The van der Waals surface area contributed by atoms with Gasteiger partial charge in [0.2, 0.25) is 0 Å². The first-order valence-electron chi connectivity index (χ1n) is 7.21. The highest BCUT2D eigenvalue weighted by Gasteiger charge is 2.15. The zero-order valence-corrected chi connectivity index (χ0v) is 13.7. The molecule has 0 unspecified atom stereocenters. The summed E-state index contributed by atoms with van der Waals surface area (Å²) < 4.78 is 0. The Hall–Kier alpha value is -2.51. The summed E-state index contributed by atoms with van der Waals surface area (Å²) in [5, 5.41) is 12.9. The molecule has 0 spiro atoms. The van der Waals surface area contributed by atoms with Gasteiger partial charge < -0.3 is 10.2 Å². The number of nitriles is 1. The highest BCUT2D eigenvalue weighted by Crippen LogP contribution is 2.09. The molecule has 1 N–H and O–H groups in total. The number of amides is 1. The Bertz CT molecular complexity index is 604. The normalized spacial score (nSPS) is 10.5. The van der Waals surface area contributed by atoms with E-state index in [0.717, 1.165) is 12.0 Å². The molecule has 23 heavy (non-hydrogen) atoms. The summed E-state index contributed by atoms with van der Waals surface area (Å²) in [6.07, 6.45) is 5.45. The molecule has 0 heterocycles. The number of carbonyl (C=O) groups is 1. The lowest BCUT2D eigenvalue weighted by Gasteiger charge is -2.18. The molecule has 0 aromatic heterocycles. The molecule has 0 radical (unpaired) electrons. The van der Waals surface area contributed by atoms with Crippen molar-refractivity contribution in [3.63, 3.8) is 0 Å². The van der Waals surface area contributed by atoms with Gasteiger partial charge in [0, 0.05) is 30.9 Å². The third kappa shape index (κ3) is 6.41. The van der Waals surface area contributed by atoms with Crippen LogP contribution in [-0.4, -0.2) is 30.4 Å². The Morgan fingerprint density at radius 1 is 1.26 bits per heavy atom. The Morgan fingerprint density at radius 3 is 2.39 bits per heavy atom. The summed E-state index contributed by atoms with van der Waals surface area (Å²) in [5.74, 6) is -0.341. The van der Waals surface area contributed by atoms with Crippen LogP contribution in [0.3, 0.4) is 0 Å². The van der Waals surface area contributed by atoms with Crippen LogP contribution in [0.25, 0.3) is 0 Å². The number of nitrogens with one attached hydrogen (secondary N) is 1. The fraction of sp³-hybridized carbons (Fsp3) is 0.222. The van der Waals surface area contributed by atoms with E-state index in [0.29, 0.717) is 24.7 Å². The molecule has 0 aliphatic rings. The number of nitrogens with zero attached hydrogens (tertiary/aromatic N) is 2. The van der Waals surface area contributed by atoms with Crippen molar-refractivity contribution in [2.24, 2.45) is 0 Å². The lowest BCUT2D eigenvalue weighted by molar-refractivity contribution is -0.125. The minimum absolute atomic E-state index is 0.0600. The van der Waals surface area contributed by atoms with E-state index in [1.54, 1.807) is 12.2 Å². The molecule has 5 heteroatoms. The molecule has 0 bridgehead atoms. The molecular formula is C18H20ClN3O. The molecule has 1 rings (SSSR count). The van der Waals surface area contributed by atoms with Gasteiger partial charge >= 0.3 is 0 Å². The zero-order valence-electron chi connectivity index (χ0n) is 13.0. The van der Waals surface area contributed by atoms with Crippen molar-refractivity contribution in [3.05, 3.63) is 71.9 Å². The topological polar surface area (TPSA) is 56.1 Å². The van der Waals surface area contributed by atoms with Crippen molar-refractivity contribution in [3.8, 4) is 6.07 Å². The Kier molecular flexibility index (Phi) is 8.27. The van der Waals surface area contributed by atoms with Crippen molar-refractivity contribution < 1.29 is 4.79 Å². The molecule has 0 aliphatic heterocycles. The van der Waals surface area contributed by atoms with Gasteiger partial charge in [-0.1, -0.05) is 35.9 Å². The smallest absolute Gasteiger partial charge is 0.266 e. The van der Waals surface area contributed by atoms with Gasteiger partial charge in [-0.15, -0.1) is 13.2 Å². The van der Waals surface area contributed by atoms with Crippen LogP contribution < -0.4 is 5.32 Å². The highest BCUT2D eigenvalue weighted by molar-refractivity contribution is 6.30. The van der Waals surface area contributed by atoms with Crippen molar-refractivity contribution in [2.45, 2.75) is 6.42 Å². The van der Waals surface area contributed by atoms with Gasteiger partial charge in [0.25, 0.3) is 5.91 Å². The summed E-state index contributed by atoms with van der Waals surface area (Å²) in [6, 6.07) is 9.48. The van der Waals surface area contributed by atoms with Crippen LogP contribution in [-0.2, 0) is 11.2 Å². The zero-order chi connectivity index (χ0) is 17.1. The van der Waals surface area contributed by atoms with Crippen molar-refractivity contribution in [1.82, 2.24) is 10.2 Å². The standard InChI is InChI=1S/C18H20ClN3O/c1-3-11-22(12-4-2)18(23)16(13-20)14-21-10-9-15-5-7-17(19)8-6-15/h3-8,14,21H,1-2,9-12H2/b16-14-. The molecule has 120 valence electrons. The number of rotatable bonds is 9. The van der Waals surface area contributed by atoms with Crippen molar-refractivity contribution in [2.75, 3.05) is 19.6 Å². The molecule has 0 aliphatic carbocycles. The largest absolute Gasteiger partial charge is 0.389 e. The maximum atomic E-state index is 12.2. The van der Waals surface area contributed by atoms with E-state index in [9.17, 15) is 4.79 Å². The van der Waals surface area contributed by atoms with E-state index in [-0.39, 0.29) is 11.5 Å². The monoisotopic (exact) mass is 329 g/mol. The Morgan fingerprint density at radius 2 is 1.87 bits per heavy atom. The van der Waals surface area contributed by atoms with Crippen LogP contribution in [0.4, 0.5) is 0 Å². The van der Waals surface area contributed by atoms with Crippen molar-refractivity contribution in [1.29, 1.82) is 5.26 Å². The van der Waals surface area contributed by atoms with Gasteiger partial charge in [0.05, 0.1) is 0 Å². The third-order valence-electron chi connectivity index (χ3n) is 3.05. The van der Waals surface area contributed by atoms with Gasteiger partial charge in [-0.3, -0.25) is 4.79 Å². The summed E-state index contributed by atoms with van der Waals surface area (Å²) >= 11 is 5.83. The second-order valence-corrected chi connectivity index (χ2v) is 5.22. The minimum atomic E-state index is -0.341. The van der Waals surface area contributed by atoms with Gasteiger partial charge in [-0.05, 0) is 24.1 Å². The summed E-state index contributed by atoms with van der Waals surface area (Å²) in [6.45, 7) is 8.57. The molecule has 1 aromatic rings. The summed E-state index contributed by atoms with van der Waals surface area (Å²) in [4.78, 5) is 13.7. The fourth-order valence-corrected chi connectivity index (χ4v) is 2.03. The lowest BCUT2D eigenvalue weighted by Crippen LogP contribution is -2.32. The summed E-state index contributed by atoms with van der Waals surface area (Å²) in [5.41, 5.74) is 1.19. The van der Waals surface area contributed by atoms with E-state index in [2.05, 4.69) is 18.5 Å². The highest BCUT2D eigenvalue weighted by atomic mass is 35.5. The second-order valence-electron chi connectivity index (χ2n) is 4.79. The first-order chi connectivity index (χ1) is 11.1. The van der Waals surface area contributed by atoms with Crippen LogP contribution in [0.15, 0.2) is 61.3 Å². The number of halogens is 1. The van der Waals surface area contributed by atoms with Crippen LogP contribution in [0.5, 0.6) is 0 Å². The van der Waals surface area contributed by atoms with Gasteiger partial charge in [-0.25, -0.2) is 0 Å². The maximum absolute atomic E-state index is 12.2. The average Bonchev–Trinajstić information content (AvgIpc) is 2.56. The van der Waals surface area contributed by atoms with E-state index >= 15 is 0 Å². The molecular weight excluding hydrogens is 310 g/mol. The minimum Gasteiger partial charge on any atom is -0.389 e. The van der Waals surface area contributed by atoms with Crippen LogP contribution in [0.2, 0.25) is 5.02 Å². The number of hydrogen-bond donors (Lipinski definition) is 1. The molecule has 0 fully saturated rings. The summed E-state index contributed by atoms with van der Waals surface area (Å²) in [7, 11) is 0. The Labute approximate surface area is 142 Å². The van der Waals surface area contributed by atoms with Crippen molar-refractivity contribution >= 4 is 17.5 Å². The molecule has 0 atom stereocenters. The van der Waals surface area contributed by atoms with Crippen LogP contribution in [0.1, 0.15) is 5.56 Å². The molecule has 4 nitrogen and oxygen atoms in total. The van der Waals surface area contributed by atoms with E-state index in [1.165, 1.54) is 11.1 Å². The molecule has 1 amide bonds. The van der Waals surface area contributed by atoms with E-state index in [1.807, 2.05) is 30.3 Å². The van der Waals surface area contributed by atoms with Crippen LogP contribution >= 0.6 is 11.6 Å². The number of benzene rings is 1. The second kappa shape index (κ2) is 10.3. The molecule has 0 saturated heterocycles. The quantitative estimate of drug-likeness (QED) is 0.328. The lowest BCUT2D eigenvalue weighted by atomic mass is 10.1. The van der Waals surface area contributed by atoms with Gasteiger partial charge in [-0.2, -0.15) is 5.26 Å². The molecule has 1 aromatic carbocycles. The van der Waals surface area contributed by atoms with Gasteiger partial charge in [0.15, 0.2) is 0 Å². The number of hydrogen-bond acceptors (Lipinski definition) is 3. The average molecular weight is 330 g/mol. The first-order valence-corrected chi connectivity index (χ1v) is 7.59. The van der Waals surface area contributed by atoms with E-state index < -0.39 is 0 Å². The Balaban J connectivity index is 2.58. The molecule has 0 saturated carbocycles. The van der Waals surface area contributed by atoms with E-state index in [4.69, 9.17) is 16.9 Å².